The molecule has 1 saturated carbocycles. The molecule has 2 N–H and O–H groups in total. The van der Waals surface area contributed by atoms with E-state index in [0.29, 0.717) is 45.7 Å². The molecule has 0 aromatic heterocycles. The van der Waals surface area contributed by atoms with Crippen LogP contribution in [0.3, 0.4) is 0 Å². The van der Waals surface area contributed by atoms with Gasteiger partial charge in [0.05, 0.1) is 51.8 Å². The third kappa shape index (κ3) is 9.96. The first kappa shape index (κ1) is 22.0. The number of nitrogen functional groups attached to an aromatic ring is 1. The maximum Gasteiger partial charge on any atom is 0.119 e. The van der Waals surface area contributed by atoms with Crippen molar-refractivity contribution in [1.29, 1.82) is 0 Å². The molecular weight excluding hydrogens is 346 g/mol. The molecular formula is C21H35NO5. The third-order valence-electron chi connectivity index (χ3n) is 4.48. The highest BCUT2D eigenvalue weighted by molar-refractivity contribution is 5.41. The van der Waals surface area contributed by atoms with Gasteiger partial charge < -0.3 is 29.4 Å². The van der Waals surface area contributed by atoms with E-state index < -0.39 is 0 Å². The molecule has 0 atom stereocenters. The summed E-state index contributed by atoms with van der Waals surface area (Å²) >= 11 is 0. The number of benzene rings is 1. The Kier molecular flexibility index (Phi) is 11.2. The van der Waals surface area contributed by atoms with Crippen molar-refractivity contribution in [3.63, 3.8) is 0 Å². The van der Waals surface area contributed by atoms with Gasteiger partial charge in [0.2, 0.25) is 0 Å². The second-order valence-electron chi connectivity index (χ2n) is 6.79. The standard InChI is InChI=1S/C21H35NO5/c1-2-11-23-12-13-24-14-15-25-16-17-26-19-7-9-21(10-8-19)27-20-5-3-18(22)4-6-20/h3-6,19,21H,2,7-17,22H2,1H3. The summed E-state index contributed by atoms with van der Waals surface area (Å²) in [4.78, 5) is 0. The predicted molar refractivity (Wildman–Crippen MR) is 106 cm³/mol. The SMILES string of the molecule is CCCOCCOCCOCCOC1CCC(Oc2ccc(N)cc2)CC1. The largest absolute Gasteiger partial charge is 0.490 e. The average Bonchev–Trinajstić information content (AvgIpc) is 2.69. The highest BCUT2D eigenvalue weighted by Gasteiger charge is 2.22. The maximum atomic E-state index is 6.01. The molecule has 0 radical (unpaired) electrons. The maximum absolute atomic E-state index is 6.01. The number of hydrogen-bond donors (Lipinski definition) is 1. The monoisotopic (exact) mass is 381 g/mol. The molecule has 1 aliphatic carbocycles. The van der Waals surface area contributed by atoms with Gasteiger partial charge in [-0.2, -0.15) is 0 Å². The molecule has 0 unspecified atom stereocenters. The molecule has 0 saturated heterocycles. The summed E-state index contributed by atoms with van der Waals surface area (Å²) in [6.45, 7) is 6.61. The van der Waals surface area contributed by atoms with Crippen LogP contribution >= 0.6 is 0 Å². The van der Waals surface area contributed by atoms with Gasteiger partial charge in [-0.3, -0.25) is 0 Å². The van der Waals surface area contributed by atoms with Crippen LogP contribution in [-0.4, -0.2) is 58.5 Å². The summed E-state index contributed by atoms with van der Waals surface area (Å²) in [5.41, 5.74) is 6.46. The summed E-state index contributed by atoms with van der Waals surface area (Å²) in [6, 6.07) is 7.60. The second-order valence-corrected chi connectivity index (χ2v) is 6.79. The van der Waals surface area contributed by atoms with E-state index in [1.165, 1.54) is 0 Å². The highest BCUT2D eigenvalue weighted by Crippen LogP contribution is 2.25. The van der Waals surface area contributed by atoms with E-state index in [-0.39, 0.29) is 6.10 Å². The van der Waals surface area contributed by atoms with Gasteiger partial charge in [0, 0.05) is 12.3 Å². The Bertz CT molecular complexity index is 474. The van der Waals surface area contributed by atoms with E-state index in [4.69, 9.17) is 29.4 Å². The van der Waals surface area contributed by atoms with Crippen molar-refractivity contribution in [3.8, 4) is 5.75 Å². The third-order valence-corrected chi connectivity index (χ3v) is 4.48. The Labute approximate surface area is 163 Å². The summed E-state index contributed by atoms with van der Waals surface area (Å²) in [5, 5.41) is 0. The van der Waals surface area contributed by atoms with Crippen LogP contribution < -0.4 is 10.5 Å². The lowest BCUT2D eigenvalue weighted by Gasteiger charge is -2.29. The van der Waals surface area contributed by atoms with Crippen molar-refractivity contribution in [2.45, 2.75) is 51.2 Å². The van der Waals surface area contributed by atoms with Crippen LogP contribution in [0.2, 0.25) is 0 Å². The van der Waals surface area contributed by atoms with Crippen molar-refractivity contribution >= 4 is 5.69 Å². The van der Waals surface area contributed by atoms with Crippen molar-refractivity contribution < 1.29 is 23.7 Å². The van der Waals surface area contributed by atoms with Gasteiger partial charge in [0.15, 0.2) is 0 Å². The zero-order valence-corrected chi connectivity index (χ0v) is 16.6. The smallest absolute Gasteiger partial charge is 0.119 e. The van der Waals surface area contributed by atoms with Gasteiger partial charge in [0.1, 0.15) is 5.75 Å². The lowest BCUT2D eigenvalue weighted by Crippen LogP contribution is -2.29. The Hall–Kier alpha value is -1.34. The molecule has 0 amide bonds. The molecule has 6 heteroatoms. The first-order chi connectivity index (χ1) is 13.3. The fraction of sp³-hybridized carbons (Fsp3) is 0.714. The summed E-state index contributed by atoms with van der Waals surface area (Å²) < 4.78 is 28.2. The quantitative estimate of drug-likeness (QED) is 0.393. The van der Waals surface area contributed by atoms with Crippen LogP contribution in [0, 0.1) is 0 Å². The van der Waals surface area contributed by atoms with Gasteiger partial charge >= 0.3 is 0 Å². The second kappa shape index (κ2) is 13.8. The highest BCUT2D eigenvalue weighted by atomic mass is 16.6. The van der Waals surface area contributed by atoms with Crippen LogP contribution in [-0.2, 0) is 18.9 Å². The minimum absolute atomic E-state index is 0.267. The average molecular weight is 382 g/mol. The van der Waals surface area contributed by atoms with Gasteiger partial charge in [0.25, 0.3) is 0 Å². The molecule has 2 rings (SSSR count). The van der Waals surface area contributed by atoms with Crippen molar-refractivity contribution in [2.75, 3.05) is 52.0 Å². The number of ether oxygens (including phenoxy) is 5. The topological polar surface area (TPSA) is 72.2 Å². The Morgan fingerprint density at radius 1 is 0.741 bits per heavy atom. The molecule has 0 heterocycles. The van der Waals surface area contributed by atoms with Gasteiger partial charge in [-0.05, 0) is 56.4 Å². The van der Waals surface area contributed by atoms with Crippen molar-refractivity contribution in [3.05, 3.63) is 24.3 Å². The lowest BCUT2D eigenvalue weighted by atomic mass is 9.95. The fourth-order valence-electron chi connectivity index (χ4n) is 3.02. The van der Waals surface area contributed by atoms with Gasteiger partial charge in [-0.25, -0.2) is 0 Å². The van der Waals surface area contributed by atoms with Gasteiger partial charge in [-0.1, -0.05) is 6.92 Å². The number of rotatable bonds is 14. The lowest BCUT2D eigenvalue weighted by molar-refractivity contribution is -0.0360. The van der Waals surface area contributed by atoms with E-state index in [9.17, 15) is 0 Å². The Morgan fingerprint density at radius 2 is 1.26 bits per heavy atom. The van der Waals surface area contributed by atoms with Gasteiger partial charge in [-0.15, -0.1) is 0 Å². The Balaban J connectivity index is 1.41. The molecule has 0 aliphatic heterocycles. The van der Waals surface area contributed by atoms with Crippen molar-refractivity contribution in [1.82, 2.24) is 0 Å². The van der Waals surface area contributed by atoms with Crippen molar-refractivity contribution in [2.24, 2.45) is 0 Å². The molecule has 154 valence electrons. The Morgan fingerprint density at radius 3 is 1.85 bits per heavy atom. The van der Waals surface area contributed by atoms with Crippen LogP contribution in [0.5, 0.6) is 5.75 Å². The normalized spacial score (nSPS) is 19.9. The number of nitrogens with two attached hydrogens (primary N) is 1. The molecule has 0 bridgehead atoms. The van der Waals surface area contributed by atoms with Crippen LogP contribution in [0.15, 0.2) is 24.3 Å². The minimum atomic E-state index is 0.267. The van der Waals surface area contributed by atoms with Crippen LogP contribution in [0.1, 0.15) is 39.0 Å². The van der Waals surface area contributed by atoms with E-state index in [2.05, 4.69) is 6.92 Å². The summed E-state index contributed by atoms with van der Waals surface area (Å²) in [7, 11) is 0. The zero-order chi connectivity index (χ0) is 19.2. The predicted octanol–water partition coefficient (Wildman–Crippen LogP) is 3.44. The first-order valence-corrected chi connectivity index (χ1v) is 10.1. The van der Waals surface area contributed by atoms with E-state index in [1.54, 1.807) is 0 Å². The van der Waals surface area contributed by atoms with E-state index >= 15 is 0 Å². The minimum Gasteiger partial charge on any atom is -0.490 e. The summed E-state index contributed by atoms with van der Waals surface area (Å²) in [5.74, 6) is 0.890. The molecule has 1 fully saturated rings. The first-order valence-electron chi connectivity index (χ1n) is 10.1. The number of anilines is 1. The number of hydrogen-bond acceptors (Lipinski definition) is 6. The fourth-order valence-corrected chi connectivity index (χ4v) is 3.02. The van der Waals surface area contributed by atoms with E-state index in [0.717, 1.165) is 50.1 Å². The summed E-state index contributed by atoms with van der Waals surface area (Å²) in [6.07, 6.45) is 5.71. The molecule has 0 spiro atoms. The molecule has 27 heavy (non-hydrogen) atoms. The van der Waals surface area contributed by atoms with E-state index in [1.807, 2.05) is 24.3 Å². The molecule has 1 aromatic rings. The van der Waals surface area contributed by atoms with Crippen LogP contribution in [0.25, 0.3) is 0 Å². The van der Waals surface area contributed by atoms with Crippen LogP contribution in [0.4, 0.5) is 5.69 Å². The molecule has 6 nitrogen and oxygen atoms in total. The molecule has 1 aliphatic rings. The zero-order valence-electron chi connectivity index (χ0n) is 16.6. The molecule has 1 aromatic carbocycles.